The maximum Gasteiger partial charge on any atom is 0.253 e. The third-order valence-corrected chi connectivity index (χ3v) is 6.49. The number of phenolic OH excluding ortho intramolecular Hbond substituents is 1. The van der Waals surface area contributed by atoms with Crippen LogP contribution in [-0.4, -0.2) is 90.1 Å². The quantitative estimate of drug-likeness (QED) is 0.832. The minimum absolute atomic E-state index is 0.0154. The largest absolute Gasteiger partial charge is 0.508 e. The van der Waals surface area contributed by atoms with E-state index in [-0.39, 0.29) is 23.5 Å². The van der Waals surface area contributed by atoms with Crippen LogP contribution in [0.2, 0.25) is 0 Å². The summed E-state index contributed by atoms with van der Waals surface area (Å²) in [6, 6.07) is 6.99. The zero-order chi connectivity index (χ0) is 20.2. The van der Waals surface area contributed by atoms with E-state index in [2.05, 4.69) is 4.90 Å². The Morgan fingerprint density at radius 2 is 1.72 bits per heavy atom. The Hall–Kier alpha value is -2.12. The molecule has 3 heterocycles. The first-order chi connectivity index (χ1) is 14.1. The molecule has 1 aromatic carbocycles. The van der Waals surface area contributed by atoms with Gasteiger partial charge in [-0.05, 0) is 50.4 Å². The number of amides is 2. The van der Waals surface area contributed by atoms with E-state index in [9.17, 15) is 14.7 Å². The van der Waals surface area contributed by atoms with Gasteiger partial charge in [-0.1, -0.05) is 6.07 Å². The van der Waals surface area contributed by atoms with Crippen molar-refractivity contribution in [3.8, 4) is 5.75 Å². The number of rotatable bonds is 3. The first-order valence-electron chi connectivity index (χ1n) is 10.8. The Bertz CT molecular complexity index is 727. The number of morpholine rings is 1. The van der Waals surface area contributed by atoms with Gasteiger partial charge in [0.25, 0.3) is 5.91 Å². The summed E-state index contributed by atoms with van der Waals surface area (Å²) < 4.78 is 5.37. The topological polar surface area (TPSA) is 73.3 Å². The summed E-state index contributed by atoms with van der Waals surface area (Å²) in [4.78, 5) is 31.9. The van der Waals surface area contributed by atoms with E-state index in [0.29, 0.717) is 37.9 Å². The van der Waals surface area contributed by atoms with Gasteiger partial charge in [-0.3, -0.25) is 14.5 Å². The number of aromatic hydroxyl groups is 1. The number of likely N-dealkylation sites (tertiary alicyclic amines) is 2. The fourth-order valence-corrected chi connectivity index (χ4v) is 4.84. The van der Waals surface area contributed by atoms with Crippen LogP contribution in [0.4, 0.5) is 0 Å². The van der Waals surface area contributed by atoms with Crippen LogP contribution in [0.1, 0.15) is 36.0 Å². The number of benzene rings is 1. The summed E-state index contributed by atoms with van der Waals surface area (Å²) in [7, 11) is 0. The van der Waals surface area contributed by atoms with Crippen molar-refractivity contribution < 1.29 is 19.4 Å². The number of carbonyl (C=O) groups is 2. The van der Waals surface area contributed by atoms with E-state index in [4.69, 9.17) is 4.74 Å². The third-order valence-electron chi connectivity index (χ3n) is 6.49. The fourth-order valence-electron chi connectivity index (χ4n) is 4.84. The molecule has 0 aliphatic carbocycles. The second-order valence-electron chi connectivity index (χ2n) is 8.35. The lowest BCUT2D eigenvalue weighted by molar-refractivity contribution is -0.141. The third kappa shape index (κ3) is 4.73. The van der Waals surface area contributed by atoms with Gasteiger partial charge in [-0.15, -0.1) is 0 Å². The molecule has 0 spiro atoms. The summed E-state index contributed by atoms with van der Waals surface area (Å²) >= 11 is 0. The van der Waals surface area contributed by atoms with Gasteiger partial charge in [0.15, 0.2) is 0 Å². The van der Waals surface area contributed by atoms with Crippen molar-refractivity contribution in [2.45, 2.75) is 31.7 Å². The summed E-state index contributed by atoms with van der Waals surface area (Å²) in [5.41, 5.74) is 0.539. The Morgan fingerprint density at radius 3 is 2.45 bits per heavy atom. The van der Waals surface area contributed by atoms with E-state index >= 15 is 0 Å². The van der Waals surface area contributed by atoms with Crippen LogP contribution in [0.25, 0.3) is 0 Å². The van der Waals surface area contributed by atoms with Crippen LogP contribution in [0.15, 0.2) is 24.3 Å². The predicted octanol–water partition coefficient (Wildman–Crippen LogP) is 1.57. The lowest BCUT2D eigenvalue weighted by atomic mass is 9.92. The van der Waals surface area contributed by atoms with Crippen LogP contribution < -0.4 is 0 Å². The van der Waals surface area contributed by atoms with E-state index in [1.54, 1.807) is 18.2 Å². The van der Waals surface area contributed by atoms with Crippen molar-refractivity contribution in [3.63, 3.8) is 0 Å². The minimum Gasteiger partial charge on any atom is -0.508 e. The smallest absolute Gasteiger partial charge is 0.253 e. The van der Waals surface area contributed by atoms with Crippen molar-refractivity contribution in [2.75, 3.05) is 52.5 Å². The van der Waals surface area contributed by atoms with Crippen molar-refractivity contribution in [3.05, 3.63) is 29.8 Å². The maximum absolute atomic E-state index is 12.9. The summed E-state index contributed by atoms with van der Waals surface area (Å²) in [6.45, 7) is 6.03. The molecule has 3 fully saturated rings. The highest BCUT2D eigenvalue weighted by Crippen LogP contribution is 2.26. The second kappa shape index (κ2) is 9.13. The van der Waals surface area contributed by atoms with Gasteiger partial charge in [0.05, 0.1) is 19.1 Å². The second-order valence-corrected chi connectivity index (χ2v) is 8.35. The first-order valence-corrected chi connectivity index (χ1v) is 10.8. The Morgan fingerprint density at radius 1 is 0.966 bits per heavy atom. The number of hydrogen-bond acceptors (Lipinski definition) is 5. The highest BCUT2D eigenvalue weighted by Gasteiger charge is 2.34. The number of nitrogens with zero attached hydrogens (tertiary/aromatic N) is 3. The lowest BCUT2D eigenvalue weighted by Gasteiger charge is -2.43. The molecule has 3 aliphatic rings. The molecule has 29 heavy (non-hydrogen) atoms. The molecule has 3 saturated heterocycles. The normalized spacial score (nSPS) is 24.5. The molecule has 1 aromatic rings. The summed E-state index contributed by atoms with van der Waals surface area (Å²) in [5, 5.41) is 9.62. The molecule has 1 unspecified atom stereocenters. The predicted molar refractivity (Wildman–Crippen MR) is 109 cm³/mol. The lowest BCUT2D eigenvalue weighted by Crippen LogP contribution is -2.53. The van der Waals surface area contributed by atoms with E-state index in [0.717, 1.165) is 51.9 Å². The first kappa shape index (κ1) is 20.2. The maximum atomic E-state index is 12.9. The molecule has 0 saturated carbocycles. The van der Waals surface area contributed by atoms with E-state index in [1.165, 1.54) is 6.07 Å². The Labute approximate surface area is 172 Å². The Kier molecular flexibility index (Phi) is 6.35. The summed E-state index contributed by atoms with van der Waals surface area (Å²) in [5.74, 6) is 0.483. The molecule has 0 radical (unpaired) electrons. The Balaban J connectivity index is 1.30. The van der Waals surface area contributed by atoms with Gasteiger partial charge in [0.2, 0.25) is 5.91 Å². The molecule has 2 amide bonds. The molecule has 4 rings (SSSR count). The van der Waals surface area contributed by atoms with E-state index in [1.807, 2.05) is 9.80 Å². The van der Waals surface area contributed by atoms with Gasteiger partial charge >= 0.3 is 0 Å². The number of ether oxygens (including phenoxy) is 1. The zero-order valence-electron chi connectivity index (χ0n) is 17.0. The molecule has 1 N–H and O–H groups in total. The van der Waals surface area contributed by atoms with Crippen LogP contribution >= 0.6 is 0 Å². The van der Waals surface area contributed by atoms with Crippen LogP contribution in [0.3, 0.4) is 0 Å². The molecule has 3 aliphatic heterocycles. The standard InChI is InChI=1S/C22H31N3O4/c26-20-5-1-3-17(15-20)21(27)23-9-6-19(7-10-23)25-8-2-4-18(16-25)22(28)24-11-13-29-14-12-24/h1,3,5,15,18-19,26H,2,4,6-14,16H2. The van der Waals surface area contributed by atoms with Crippen molar-refractivity contribution in [1.29, 1.82) is 0 Å². The SMILES string of the molecule is O=C(c1cccc(O)c1)N1CCC(N2CCCC(C(=O)N3CCOCC3)C2)CC1. The molecule has 7 nitrogen and oxygen atoms in total. The van der Waals surface area contributed by atoms with Crippen LogP contribution in [-0.2, 0) is 9.53 Å². The fraction of sp³-hybridized carbons (Fsp3) is 0.636. The zero-order valence-corrected chi connectivity index (χ0v) is 17.0. The highest BCUT2D eigenvalue weighted by molar-refractivity contribution is 5.94. The number of carbonyl (C=O) groups excluding carboxylic acids is 2. The van der Waals surface area contributed by atoms with Gasteiger partial charge in [-0.25, -0.2) is 0 Å². The number of hydrogen-bond donors (Lipinski definition) is 1. The van der Waals surface area contributed by atoms with E-state index < -0.39 is 0 Å². The van der Waals surface area contributed by atoms with Gasteiger partial charge in [-0.2, -0.15) is 0 Å². The number of piperidine rings is 2. The molecule has 7 heteroatoms. The molecule has 0 aromatic heterocycles. The summed E-state index contributed by atoms with van der Waals surface area (Å²) in [6.07, 6.45) is 3.90. The van der Waals surface area contributed by atoms with Crippen molar-refractivity contribution >= 4 is 11.8 Å². The molecule has 0 bridgehead atoms. The van der Waals surface area contributed by atoms with Gasteiger partial charge in [0, 0.05) is 44.3 Å². The van der Waals surface area contributed by atoms with Gasteiger partial charge in [0.1, 0.15) is 5.75 Å². The van der Waals surface area contributed by atoms with Gasteiger partial charge < -0.3 is 19.6 Å². The average molecular weight is 402 g/mol. The average Bonchev–Trinajstić information content (AvgIpc) is 2.79. The molecule has 1 atom stereocenters. The molecule has 158 valence electrons. The monoisotopic (exact) mass is 401 g/mol. The van der Waals surface area contributed by atoms with Crippen molar-refractivity contribution in [2.24, 2.45) is 5.92 Å². The molecular formula is C22H31N3O4. The highest BCUT2D eigenvalue weighted by atomic mass is 16.5. The minimum atomic E-state index is -0.0154. The number of phenols is 1. The van der Waals surface area contributed by atoms with Crippen molar-refractivity contribution in [1.82, 2.24) is 14.7 Å². The van der Waals surface area contributed by atoms with Crippen LogP contribution in [0.5, 0.6) is 5.75 Å². The molecular weight excluding hydrogens is 370 g/mol. The van der Waals surface area contributed by atoms with Crippen LogP contribution in [0, 0.1) is 5.92 Å².